The van der Waals surface area contributed by atoms with Crippen LogP contribution in [0.5, 0.6) is 0 Å². The summed E-state index contributed by atoms with van der Waals surface area (Å²) in [4.78, 5) is 3.27. The fourth-order valence-corrected chi connectivity index (χ4v) is 1.88. The third kappa shape index (κ3) is 3.14. The van der Waals surface area contributed by atoms with Crippen molar-refractivity contribution >= 4 is 28.7 Å². The Morgan fingerprint density at radius 1 is 1.20 bits per heavy atom. The summed E-state index contributed by atoms with van der Waals surface area (Å²) in [6.07, 6.45) is -3.56. The van der Waals surface area contributed by atoms with Gasteiger partial charge in [-0.3, -0.25) is 0 Å². The molecule has 0 spiro atoms. The highest BCUT2D eigenvalue weighted by Crippen LogP contribution is 2.33. The highest BCUT2D eigenvalue weighted by molar-refractivity contribution is 6.33. The van der Waals surface area contributed by atoms with Gasteiger partial charge in [-0.15, -0.1) is 0 Å². The standard InChI is InChI=1S/C13H11ClF3N3/c1-7-2-3-10(8(14)4-7)20-11-5-12(13(15,16)17)19-6-9(11)18/h2-6H,18H2,1H3,(H,19,20). The Hall–Kier alpha value is -1.95. The van der Waals surface area contributed by atoms with Crippen LogP contribution in [-0.4, -0.2) is 4.98 Å². The number of pyridine rings is 1. The zero-order valence-corrected chi connectivity index (χ0v) is 11.2. The molecule has 0 unspecified atom stereocenters. The molecule has 0 atom stereocenters. The van der Waals surface area contributed by atoms with Crippen LogP contribution < -0.4 is 11.1 Å². The van der Waals surface area contributed by atoms with E-state index in [1.165, 1.54) is 0 Å². The lowest BCUT2D eigenvalue weighted by atomic mass is 10.2. The summed E-state index contributed by atoms with van der Waals surface area (Å²) in [6, 6.07) is 6.01. The SMILES string of the molecule is Cc1ccc(Nc2cc(C(F)(F)F)ncc2N)c(Cl)c1. The van der Waals surface area contributed by atoms with Crippen LogP contribution in [0.15, 0.2) is 30.5 Å². The summed E-state index contributed by atoms with van der Waals surface area (Å²) in [6.45, 7) is 1.86. The molecular formula is C13H11ClF3N3. The van der Waals surface area contributed by atoms with Crippen molar-refractivity contribution in [1.82, 2.24) is 4.98 Å². The van der Waals surface area contributed by atoms with Gasteiger partial charge in [-0.05, 0) is 30.7 Å². The van der Waals surface area contributed by atoms with E-state index < -0.39 is 11.9 Å². The van der Waals surface area contributed by atoms with Crippen LogP contribution in [-0.2, 0) is 6.18 Å². The average Bonchev–Trinajstić information content (AvgIpc) is 2.33. The van der Waals surface area contributed by atoms with Gasteiger partial charge in [-0.1, -0.05) is 17.7 Å². The van der Waals surface area contributed by atoms with E-state index in [1.807, 2.05) is 6.92 Å². The Morgan fingerprint density at radius 2 is 1.90 bits per heavy atom. The van der Waals surface area contributed by atoms with Crippen molar-refractivity contribution in [2.45, 2.75) is 13.1 Å². The first kappa shape index (κ1) is 14.5. The van der Waals surface area contributed by atoms with Gasteiger partial charge in [0.2, 0.25) is 0 Å². The minimum atomic E-state index is -4.53. The number of nitrogen functional groups attached to an aromatic ring is 1. The summed E-state index contributed by atoms with van der Waals surface area (Å²) in [5.74, 6) is 0. The monoisotopic (exact) mass is 301 g/mol. The molecule has 106 valence electrons. The minimum Gasteiger partial charge on any atom is -0.396 e. The number of alkyl halides is 3. The quantitative estimate of drug-likeness (QED) is 0.865. The third-order valence-electron chi connectivity index (χ3n) is 2.62. The number of benzene rings is 1. The van der Waals surface area contributed by atoms with E-state index in [0.717, 1.165) is 17.8 Å². The van der Waals surface area contributed by atoms with Crippen molar-refractivity contribution in [1.29, 1.82) is 0 Å². The molecule has 1 heterocycles. The topological polar surface area (TPSA) is 50.9 Å². The van der Waals surface area contributed by atoms with Crippen LogP contribution in [0, 0.1) is 6.92 Å². The molecule has 20 heavy (non-hydrogen) atoms. The molecule has 0 aliphatic carbocycles. The zero-order chi connectivity index (χ0) is 14.9. The molecular weight excluding hydrogens is 291 g/mol. The smallest absolute Gasteiger partial charge is 0.396 e. The fraction of sp³-hybridized carbons (Fsp3) is 0.154. The van der Waals surface area contributed by atoms with Gasteiger partial charge >= 0.3 is 6.18 Å². The third-order valence-corrected chi connectivity index (χ3v) is 2.93. The van der Waals surface area contributed by atoms with E-state index in [-0.39, 0.29) is 11.4 Å². The van der Waals surface area contributed by atoms with Crippen molar-refractivity contribution in [2.75, 3.05) is 11.1 Å². The molecule has 0 fully saturated rings. The lowest BCUT2D eigenvalue weighted by molar-refractivity contribution is -0.141. The number of aryl methyl sites for hydroxylation is 1. The zero-order valence-electron chi connectivity index (χ0n) is 10.4. The van der Waals surface area contributed by atoms with Crippen LogP contribution in [0.4, 0.5) is 30.2 Å². The summed E-state index contributed by atoms with van der Waals surface area (Å²) < 4.78 is 37.8. The van der Waals surface area contributed by atoms with Crippen LogP contribution in [0.1, 0.15) is 11.3 Å². The Kier molecular flexibility index (Phi) is 3.76. The average molecular weight is 302 g/mol. The summed E-state index contributed by atoms with van der Waals surface area (Å²) in [7, 11) is 0. The summed E-state index contributed by atoms with van der Waals surface area (Å²) >= 11 is 6.02. The number of nitrogens with zero attached hydrogens (tertiary/aromatic N) is 1. The number of nitrogens with two attached hydrogens (primary N) is 1. The molecule has 0 saturated heterocycles. The van der Waals surface area contributed by atoms with Crippen LogP contribution in [0.25, 0.3) is 0 Å². The number of hydrogen-bond acceptors (Lipinski definition) is 3. The molecule has 3 nitrogen and oxygen atoms in total. The van der Waals surface area contributed by atoms with E-state index in [2.05, 4.69) is 10.3 Å². The predicted molar refractivity (Wildman–Crippen MR) is 73.1 cm³/mol. The van der Waals surface area contributed by atoms with Crippen LogP contribution >= 0.6 is 11.6 Å². The first-order chi connectivity index (χ1) is 9.27. The summed E-state index contributed by atoms with van der Waals surface area (Å²) in [5.41, 5.74) is 6.24. The van der Waals surface area contributed by atoms with Gasteiger partial charge < -0.3 is 11.1 Å². The molecule has 1 aromatic carbocycles. The Bertz CT molecular complexity index is 641. The molecule has 0 radical (unpaired) electrons. The minimum absolute atomic E-state index is 0.106. The maximum absolute atomic E-state index is 12.6. The molecule has 2 aromatic rings. The Balaban J connectivity index is 2.38. The van der Waals surface area contributed by atoms with Crippen molar-refractivity contribution in [3.05, 3.63) is 46.7 Å². The van der Waals surface area contributed by atoms with E-state index in [4.69, 9.17) is 17.3 Å². The van der Waals surface area contributed by atoms with Crippen molar-refractivity contribution in [3.63, 3.8) is 0 Å². The molecule has 0 amide bonds. The number of hydrogen-bond donors (Lipinski definition) is 2. The molecule has 3 N–H and O–H groups in total. The van der Waals surface area contributed by atoms with Gasteiger partial charge in [-0.2, -0.15) is 13.2 Å². The Morgan fingerprint density at radius 3 is 2.50 bits per heavy atom. The second kappa shape index (κ2) is 5.20. The van der Waals surface area contributed by atoms with E-state index in [1.54, 1.807) is 18.2 Å². The van der Waals surface area contributed by atoms with Crippen LogP contribution in [0.2, 0.25) is 5.02 Å². The highest BCUT2D eigenvalue weighted by Gasteiger charge is 2.33. The summed E-state index contributed by atoms with van der Waals surface area (Å²) in [5, 5.41) is 3.18. The molecule has 0 saturated carbocycles. The van der Waals surface area contributed by atoms with Gasteiger partial charge in [-0.25, -0.2) is 4.98 Å². The number of anilines is 3. The molecule has 1 aromatic heterocycles. The first-order valence-electron chi connectivity index (χ1n) is 5.63. The van der Waals surface area contributed by atoms with Crippen LogP contribution in [0.3, 0.4) is 0 Å². The lowest BCUT2D eigenvalue weighted by Gasteiger charge is -2.13. The molecule has 2 rings (SSSR count). The van der Waals surface area contributed by atoms with Crippen molar-refractivity contribution < 1.29 is 13.2 Å². The maximum atomic E-state index is 12.6. The predicted octanol–water partition coefficient (Wildman–Crippen LogP) is 4.39. The first-order valence-corrected chi connectivity index (χ1v) is 6.01. The Labute approximate surface area is 118 Å². The maximum Gasteiger partial charge on any atom is 0.433 e. The van der Waals surface area contributed by atoms with E-state index in [0.29, 0.717) is 10.7 Å². The van der Waals surface area contributed by atoms with Crippen molar-refractivity contribution in [3.8, 4) is 0 Å². The van der Waals surface area contributed by atoms with E-state index in [9.17, 15) is 13.2 Å². The molecule has 0 aliphatic rings. The largest absolute Gasteiger partial charge is 0.433 e. The van der Waals surface area contributed by atoms with Gasteiger partial charge in [0.05, 0.1) is 28.3 Å². The van der Waals surface area contributed by atoms with E-state index >= 15 is 0 Å². The van der Waals surface area contributed by atoms with Gasteiger partial charge in [0.15, 0.2) is 0 Å². The van der Waals surface area contributed by atoms with Gasteiger partial charge in [0.25, 0.3) is 0 Å². The second-order valence-corrected chi connectivity index (χ2v) is 4.67. The number of rotatable bonds is 2. The van der Waals surface area contributed by atoms with Crippen molar-refractivity contribution in [2.24, 2.45) is 0 Å². The number of aromatic nitrogens is 1. The normalized spacial score (nSPS) is 11.4. The van der Waals surface area contributed by atoms with Gasteiger partial charge in [0, 0.05) is 0 Å². The fourth-order valence-electron chi connectivity index (χ4n) is 1.60. The molecule has 0 aliphatic heterocycles. The highest BCUT2D eigenvalue weighted by atomic mass is 35.5. The number of halogens is 4. The second-order valence-electron chi connectivity index (χ2n) is 4.26. The molecule has 0 bridgehead atoms. The lowest BCUT2D eigenvalue weighted by Crippen LogP contribution is -2.09. The number of nitrogens with one attached hydrogen (secondary N) is 1. The van der Waals surface area contributed by atoms with Gasteiger partial charge in [0.1, 0.15) is 5.69 Å². The molecule has 7 heteroatoms.